The predicted octanol–water partition coefficient (Wildman–Crippen LogP) is 1.53. The van der Waals surface area contributed by atoms with E-state index in [1.54, 1.807) is 0 Å². The minimum atomic E-state index is -0.323. The molecule has 1 unspecified atom stereocenters. The van der Waals surface area contributed by atoms with Gasteiger partial charge >= 0.3 is 0 Å². The van der Waals surface area contributed by atoms with Crippen molar-refractivity contribution in [1.82, 2.24) is 15.5 Å². The minimum Gasteiger partial charge on any atom is -0.352 e. The Morgan fingerprint density at radius 2 is 1.81 bits per heavy atom. The van der Waals surface area contributed by atoms with Crippen molar-refractivity contribution in [3.05, 3.63) is 0 Å². The second-order valence-electron chi connectivity index (χ2n) is 7.07. The maximum Gasteiger partial charge on any atom is 0.234 e. The van der Waals surface area contributed by atoms with Gasteiger partial charge in [0.1, 0.15) is 0 Å². The molecule has 1 rings (SSSR count). The summed E-state index contributed by atoms with van der Waals surface area (Å²) in [5, 5.41) is 6.25. The molecule has 5 heteroatoms. The van der Waals surface area contributed by atoms with Gasteiger partial charge in [-0.15, -0.1) is 0 Å². The molecule has 0 aromatic rings. The van der Waals surface area contributed by atoms with Crippen LogP contribution in [0.2, 0.25) is 0 Å². The lowest BCUT2D eigenvalue weighted by Crippen LogP contribution is -2.50. The van der Waals surface area contributed by atoms with E-state index < -0.39 is 0 Å². The highest BCUT2D eigenvalue weighted by molar-refractivity contribution is 5.81. The number of hydrogen-bond donors (Lipinski definition) is 2. The smallest absolute Gasteiger partial charge is 0.234 e. The molecule has 2 amide bonds. The van der Waals surface area contributed by atoms with Crippen molar-refractivity contribution in [3.63, 3.8) is 0 Å². The molecule has 0 radical (unpaired) electrons. The summed E-state index contributed by atoms with van der Waals surface area (Å²) < 4.78 is 0. The third kappa shape index (κ3) is 6.04. The summed E-state index contributed by atoms with van der Waals surface area (Å²) in [5.74, 6) is 0.251. The zero-order valence-electron chi connectivity index (χ0n) is 14.2. The zero-order valence-corrected chi connectivity index (χ0v) is 14.2. The monoisotopic (exact) mass is 297 g/mol. The summed E-state index contributed by atoms with van der Waals surface area (Å²) >= 11 is 0. The molecule has 1 fully saturated rings. The highest BCUT2D eigenvalue weighted by Gasteiger charge is 2.30. The molecule has 0 saturated carbocycles. The van der Waals surface area contributed by atoms with Crippen molar-refractivity contribution < 1.29 is 9.59 Å². The van der Waals surface area contributed by atoms with Crippen LogP contribution >= 0.6 is 0 Å². The number of carbonyl (C=O) groups is 2. The summed E-state index contributed by atoms with van der Waals surface area (Å²) in [6.07, 6.45) is 2.70. The van der Waals surface area contributed by atoms with Crippen LogP contribution in [0, 0.1) is 5.41 Å². The summed E-state index contributed by atoms with van der Waals surface area (Å²) in [7, 11) is 0. The molecule has 1 aliphatic rings. The Kier molecular flexibility index (Phi) is 6.65. The van der Waals surface area contributed by atoms with E-state index in [9.17, 15) is 9.59 Å². The molecule has 0 aliphatic carbocycles. The fourth-order valence-electron chi connectivity index (χ4n) is 2.39. The molecule has 5 nitrogen and oxygen atoms in total. The van der Waals surface area contributed by atoms with E-state index in [0.29, 0.717) is 12.6 Å². The average molecular weight is 297 g/mol. The molecule has 0 aromatic carbocycles. The van der Waals surface area contributed by atoms with E-state index in [2.05, 4.69) is 24.5 Å². The summed E-state index contributed by atoms with van der Waals surface area (Å²) in [4.78, 5) is 26.0. The molecule has 1 saturated heterocycles. The van der Waals surface area contributed by atoms with Gasteiger partial charge in [-0.05, 0) is 26.2 Å². The molecule has 1 atom stereocenters. The fraction of sp³-hybridized carbons (Fsp3) is 0.875. The van der Waals surface area contributed by atoms with Crippen molar-refractivity contribution in [2.75, 3.05) is 19.6 Å². The lowest BCUT2D eigenvalue weighted by molar-refractivity contribution is -0.140. The van der Waals surface area contributed by atoms with Crippen LogP contribution in [0.3, 0.4) is 0 Å². The molecule has 1 heterocycles. The first-order chi connectivity index (χ1) is 9.74. The van der Waals surface area contributed by atoms with Gasteiger partial charge in [-0.25, -0.2) is 0 Å². The van der Waals surface area contributed by atoms with Gasteiger partial charge in [0.15, 0.2) is 0 Å². The number of hydrogen-bond acceptors (Lipinski definition) is 3. The van der Waals surface area contributed by atoms with Gasteiger partial charge in [0.25, 0.3) is 0 Å². The van der Waals surface area contributed by atoms with Crippen LogP contribution in [0.15, 0.2) is 0 Å². The van der Waals surface area contributed by atoms with Gasteiger partial charge < -0.3 is 15.5 Å². The first kappa shape index (κ1) is 18.0. The Morgan fingerprint density at radius 3 is 2.29 bits per heavy atom. The highest BCUT2D eigenvalue weighted by atomic mass is 16.2. The Bertz CT molecular complexity index is 355. The number of rotatable bonds is 5. The first-order valence-electron chi connectivity index (χ1n) is 8.06. The molecule has 122 valence electrons. The van der Waals surface area contributed by atoms with Gasteiger partial charge in [0.2, 0.25) is 11.8 Å². The van der Waals surface area contributed by atoms with Gasteiger partial charge in [0, 0.05) is 30.6 Å². The van der Waals surface area contributed by atoms with E-state index in [-0.39, 0.29) is 23.3 Å². The molecular weight excluding hydrogens is 266 g/mol. The lowest BCUT2D eigenvalue weighted by atomic mass is 9.93. The Balaban J connectivity index is 2.30. The summed E-state index contributed by atoms with van der Waals surface area (Å²) in [6, 6.07) is 0.558. The van der Waals surface area contributed by atoms with Crippen molar-refractivity contribution in [2.24, 2.45) is 5.41 Å². The third-order valence-corrected chi connectivity index (χ3v) is 4.01. The van der Waals surface area contributed by atoms with Crippen LogP contribution in [-0.4, -0.2) is 48.4 Å². The van der Waals surface area contributed by atoms with Crippen LogP contribution < -0.4 is 10.6 Å². The van der Waals surface area contributed by atoms with Crippen molar-refractivity contribution in [1.29, 1.82) is 0 Å². The van der Waals surface area contributed by atoms with E-state index in [4.69, 9.17) is 0 Å². The van der Waals surface area contributed by atoms with Crippen LogP contribution in [-0.2, 0) is 9.59 Å². The van der Waals surface area contributed by atoms with Crippen LogP contribution in [0.4, 0.5) is 0 Å². The summed E-state index contributed by atoms with van der Waals surface area (Å²) in [5.41, 5.74) is -0.323. The number of nitrogens with one attached hydrogen (secondary N) is 2. The Morgan fingerprint density at radius 1 is 1.24 bits per heavy atom. The van der Waals surface area contributed by atoms with E-state index in [0.717, 1.165) is 32.4 Å². The topological polar surface area (TPSA) is 61.4 Å². The Hall–Kier alpha value is -1.10. The standard InChI is InChI=1S/C16H31N3O2/c1-6-12(2)17-11-14(20)18-13-7-9-19(10-8-13)15(21)16(3,4)5/h12-13,17H,6-11H2,1-5H3,(H,18,20). The van der Waals surface area contributed by atoms with E-state index in [1.165, 1.54) is 0 Å². The molecule has 0 spiro atoms. The van der Waals surface area contributed by atoms with Gasteiger partial charge in [0.05, 0.1) is 6.54 Å². The third-order valence-electron chi connectivity index (χ3n) is 4.01. The SMILES string of the molecule is CCC(C)NCC(=O)NC1CCN(C(=O)C(C)(C)C)CC1. The molecule has 0 aromatic heterocycles. The minimum absolute atomic E-state index is 0.0518. The van der Waals surface area contributed by atoms with Crippen LogP contribution in [0.1, 0.15) is 53.9 Å². The second-order valence-corrected chi connectivity index (χ2v) is 7.07. The molecule has 0 bridgehead atoms. The largest absolute Gasteiger partial charge is 0.352 e. The quantitative estimate of drug-likeness (QED) is 0.809. The van der Waals surface area contributed by atoms with Crippen LogP contribution in [0.25, 0.3) is 0 Å². The zero-order chi connectivity index (χ0) is 16.0. The first-order valence-corrected chi connectivity index (χ1v) is 8.06. The van der Waals surface area contributed by atoms with Crippen molar-refractivity contribution in [3.8, 4) is 0 Å². The van der Waals surface area contributed by atoms with Crippen molar-refractivity contribution >= 4 is 11.8 Å². The van der Waals surface area contributed by atoms with Crippen LogP contribution in [0.5, 0.6) is 0 Å². The van der Waals surface area contributed by atoms with E-state index >= 15 is 0 Å². The maximum absolute atomic E-state index is 12.2. The molecule has 21 heavy (non-hydrogen) atoms. The van der Waals surface area contributed by atoms with Gasteiger partial charge in [-0.2, -0.15) is 0 Å². The number of nitrogens with zero attached hydrogens (tertiary/aromatic N) is 1. The molecule has 2 N–H and O–H groups in total. The predicted molar refractivity (Wildman–Crippen MR) is 85.0 cm³/mol. The fourth-order valence-corrected chi connectivity index (χ4v) is 2.39. The van der Waals surface area contributed by atoms with Crippen molar-refractivity contribution in [2.45, 2.75) is 66.0 Å². The Labute approximate surface area is 128 Å². The lowest BCUT2D eigenvalue weighted by Gasteiger charge is -2.36. The normalized spacial score (nSPS) is 18.4. The van der Waals surface area contributed by atoms with Gasteiger partial charge in [-0.3, -0.25) is 9.59 Å². The maximum atomic E-state index is 12.2. The molecular formula is C16H31N3O2. The van der Waals surface area contributed by atoms with Gasteiger partial charge in [-0.1, -0.05) is 27.7 Å². The highest BCUT2D eigenvalue weighted by Crippen LogP contribution is 2.20. The number of piperidine rings is 1. The number of amides is 2. The average Bonchev–Trinajstić information content (AvgIpc) is 2.43. The summed E-state index contributed by atoms with van der Waals surface area (Å²) in [6.45, 7) is 11.9. The second kappa shape index (κ2) is 7.78. The van der Waals surface area contributed by atoms with E-state index in [1.807, 2.05) is 25.7 Å². The molecule has 1 aliphatic heterocycles. The number of carbonyl (C=O) groups excluding carboxylic acids is 2. The number of likely N-dealkylation sites (tertiary alicyclic amines) is 1.